The van der Waals surface area contributed by atoms with E-state index in [4.69, 9.17) is 0 Å². The zero-order valence-corrected chi connectivity index (χ0v) is 17.2. The minimum absolute atomic E-state index is 0.186. The molecule has 2 aromatic carbocycles. The highest BCUT2D eigenvalue weighted by Crippen LogP contribution is 2.33. The van der Waals surface area contributed by atoms with Crippen molar-refractivity contribution in [1.82, 2.24) is 10.3 Å². The van der Waals surface area contributed by atoms with Crippen molar-refractivity contribution in [3.05, 3.63) is 70.2 Å². The molecular formula is C22H18F3N3O2S. The molecule has 5 nitrogen and oxygen atoms in total. The van der Waals surface area contributed by atoms with Crippen LogP contribution in [0.15, 0.2) is 48.5 Å². The molecule has 2 amide bonds. The molecule has 9 heteroatoms. The highest BCUT2D eigenvalue weighted by Gasteiger charge is 2.30. The van der Waals surface area contributed by atoms with Crippen LogP contribution in [0.4, 0.5) is 18.9 Å². The fourth-order valence-corrected chi connectivity index (χ4v) is 3.96. The molecule has 1 aliphatic carbocycles. The molecule has 160 valence electrons. The molecule has 1 heterocycles. The quantitative estimate of drug-likeness (QED) is 0.561. The van der Waals surface area contributed by atoms with E-state index in [0.29, 0.717) is 32.4 Å². The normalized spacial score (nSPS) is 13.7. The summed E-state index contributed by atoms with van der Waals surface area (Å²) in [5.74, 6) is -0.676. The van der Waals surface area contributed by atoms with Crippen molar-refractivity contribution in [2.24, 2.45) is 0 Å². The van der Waals surface area contributed by atoms with Crippen LogP contribution >= 0.6 is 11.3 Å². The summed E-state index contributed by atoms with van der Waals surface area (Å²) in [6, 6.07) is 11.6. The van der Waals surface area contributed by atoms with Gasteiger partial charge in [-0.25, -0.2) is 4.98 Å². The highest BCUT2D eigenvalue weighted by molar-refractivity contribution is 7.17. The Bertz CT molecular complexity index is 1140. The van der Waals surface area contributed by atoms with Gasteiger partial charge in [0, 0.05) is 11.6 Å². The molecule has 31 heavy (non-hydrogen) atoms. The number of aryl methyl sites for hydroxylation is 1. The van der Waals surface area contributed by atoms with Gasteiger partial charge in [0.2, 0.25) is 0 Å². The summed E-state index contributed by atoms with van der Waals surface area (Å²) in [6.45, 7) is 1.66. The Labute approximate surface area is 180 Å². The Hall–Kier alpha value is -3.20. The number of hydrogen-bond donors (Lipinski definition) is 2. The fourth-order valence-electron chi connectivity index (χ4n) is 2.99. The van der Waals surface area contributed by atoms with Gasteiger partial charge in [-0.3, -0.25) is 9.59 Å². The van der Waals surface area contributed by atoms with Gasteiger partial charge in [-0.15, -0.1) is 11.3 Å². The standard InChI is InChI=1S/C22H18F3N3O2S/c1-12-18(31-21(26-12)13-6-8-14(9-7-13)22(23,24)25)20(30)28-17-5-3-2-4-16(17)19(29)27-15-10-11-15/h2-9,15H,10-11H2,1H3,(H,27,29)(H,28,30). The number of rotatable bonds is 5. The first-order chi connectivity index (χ1) is 14.7. The number of para-hydroxylation sites is 1. The number of anilines is 1. The van der Waals surface area contributed by atoms with Gasteiger partial charge in [-0.05, 0) is 44.0 Å². The summed E-state index contributed by atoms with van der Waals surface area (Å²) in [5, 5.41) is 6.09. The Kier molecular flexibility index (Phi) is 5.53. The maximum Gasteiger partial charge on any atom is 0.416 e. The third kappa shape index (κ3) is 4.77. The fraction of sp³-hybridized carbons (Fsp3) is 0.227. The third-order valence-corrected chi connectivity index (χ3v) is 6.00. The second-order valence-corrected chi connectivity index (χ2v) is 8.26. The first-order valence-corrected chi connectivity index (χ1v) is 10.4. The van der Waals surface area contributed by atoms with E-state index >= 15 is 0 Å². The molecule has 0 atom stereocenters. The number of aromatic nitrogens is 1. The number of nitrogens with one attached hydrogen (secondary N) is 2. The van der Waals surface area contributed by atoms with E-state index in [2.05, 4.69) is 15.6 Å². The van der Waals surface area contributed by atoms with E-state index in [1.807, 2.05) is 0 Å². The molecule has 0 aliphatic heterocycles. The topological polar surface area (TPSA) is 71.1 Å². The van der Waals surface area contributed by atoms with Gasteiger partial charge in [-0.1, -0.05) is 24.3 Å². The lowest BCUT2D eigenvalue weighted by atomic mass is 10.1. The van der Waals surface area contributed by atoms with Crippen LogP contribution in [-0.2, 0) is 6.18 Å². The maximum atomic E-state index is 12.9. The van der Waals surface area contributed by atoms with Gasteiger partial charge in [0.1, 0.15) is 9.88 Å². The SMILES string of the molecule is Cc1nc(-c2ccc(C(F)(F)F)cc2)sc1C(=O)Nc1ccccc1C(=O)NC1CC1. The van der Waals surface area contributed by atoms with E-state index in [9.17, 15) is 22.8 Å². The summed E-state index contributed by atoms with van der Waals surface area (Å²) < 4.78 is 38.3. The molecule has 1 aromatic heterocycles. The summed E-state index contributed by atoms with van der Waals surface area (Å²) in [4.78, 5) is 30.0. The molecule has 0 spiro atoms. The van der Waals surface area contributed by atoms with Crippen molar-refractivity contribution in [2.45, 2.75) is 32.0 Å². The number of nitrogens with zero attached hydrogens (tertiary/aromatic N) is 1. The van der Waals surface area contributed by atoms with Crippen molar-refractivity contribution in [3.63, 3.8) is 0 Å². The number of carbonyl (C=O) groups excluding carboxylic acids is 2. The molecule has 1 fully saturated rings. The van der Waals surface area contributed by atoms with Crippen LogP contribution in [0.25, 0.3) is 10.6 Å². The Morgan fingerprint density at radius 1 is 1.03 bits per heavy atom. The van der Waals surface area contributed by atoms with Gasteiger partial charge in [0.25, 0.3) is 11.8 Å². The second-order valence-electron chi connectivity index (χ2n) is 7.26. The smallest absolute Gasteiger partial charge is 0.349 e. The average Bonchev–Trinajstić information content (AvgIpc) is 3.46. The summed E-state index contributed by atoms with van der Waals surface area (Å²) in [7, 11) is 0. The zero-order chi connectivity index (χ0) is 22.2. The van der Waals surface area contributed by atoms with Crippen LogP contribution in [0.5, 0.6) is 0 Å². The zero-order valence-electron chi connectivity index (χ0n) is 16.4. The van der Waals surface area contributed by atoms with Crippen molar-refractivity contribution in [1.29, 1.82) is 0 Å². The number of alkyl halides is 3. The van der Waals surface area contributed by atoms with Crippen molar-refractivity contribution in [3.8, 4) is 10.6 Å². The number of hydrogen-bond acceptors (Lipinski definition) is 4. The predicted molar refractivity (Wildman–Crippen MR) is 112 cm³/mol. The minimum Gasteiger partial charge on any atom is -0.349 e. The summed E-state index contributed by atoms with van der Waals surface area (Å²) >= 11 is 1.08. The van der Waals surface area contributed by atoms with Crippen molar-refractivity contribution < 1.29 is 22.8 Å². The van der Waals surface area contributed by atoms with Gasteiger partial charge in [0.05, 0.1) is 22.5 Å². The molecule has 1 aliphatic rings. The van der Waals surface area contributed by atoms with Gasteiger partial charge in [0.15, 0.2) is 0 Å². The Morgan fingerprint density at radius 3 is 2.35 bits per heavy atom. The lowest BCUT2D eigenvalue weighted by Crippen LogP contribution is -2.27. The van der Waals surface area contributed by atoms with Crippen molar-refractivity contribution >= 4 is 28.8 Å². The van der Waals surface area contributed by atoms with E-state index < -0.39 is 17.6 Å². The molecule has 0 unspecified atom stereocenters. The van der Waals surface area contributed by atoms with E-state index in [-0.39, 0.29) is 11.9 Å². The summed E-state index contributed by atoms with van der Waals surface area (Å²) in [5.41, 5.74) is 0.952. The first-order valence-electron chi connectivity index (χ1n) is 9.58. The molecule has 4 rings (SSSR count). The molecule has 2 N–H and O–H groups in total. The number of thiazole rings is 1. The molecule has 0 bridgehead atoms. The van der Waals surface area contributed by atoms with Gasteiger partial charge in [-0.2, -0.15) is 13.2 Å². The number of benzene rings is 2. The summed E-state index contributed by atoms with van der Waals surface area (Å²) in [6.07, 6.45) is -2.51. The largest absolute Gasteiger partial charge is 0.416 e. The number of carbonyl (C=O) groups is 2. The van der Waals surface area contributed by atoms with E-state index in [0.717, 1.165) is 36.3 Å². The number of halogens is 3. The molecule has 3 aromatic rings. The lowest BCUT2D eigenvalue weighted by molar-refractivity contribution is -0.137. The van der Waals surface area contributed by atoms with Crippen LogP contribution in [0.3, 0.4) is 0 Å². The maximum absolute atomic E-state index is 12.9. The van der Waals surface area contributed by atoms with Crippen LogP contribution in [0.1, 0.15) is 44.1 Å². The minimum atomic E-state index is -4.42. The van der Waals surface area contributed by atoms with Crippen LogP contribution < -0.4 is 10.6 Å². The van der Waals surface area contributed by atoms with E-state index in [1.54, 1.807) is 31.2 Å². The predicted octanol–water partition coefficient (Wildman–Crippen LogP) is 5.28. The van der Waals surface area contributed by atoms with E-state index in [1.165, 1.54) is 12.1 Å². The Morgan fingerprint density at radius 2 is 1.71 bits per heavy atom. The van der Waals surface area contributed by atoms with Crippen LogP contribution in [-0.4, -0.2) is 22.8 Å². The first kappa shape index (κ1) is 21.0. The van der Waals surface area contributed by atoms with Crippen LogP contribution in [0, 0.1) is 6.92 Å². The molecule has 0 saturated heterocycles. The van der Waals surface area contributed by atoms with Crippen molar-refractivity contribution in [2.75, 3.05) is 5.32 Å². The lowest BCUT2D eigenvalue weighted by Gasteiger charge is -2.10. The average molecular weight is 445 g/mol. The number of amides is 2. The van der Waals surface area contributed by atoms with Gasteiger partial charge < -0.3 is 10.6 Å². The molecule has 0 radical (unpaired) electrons. The molecule has 1 saturated carbocycles. The van der Waals surface area contributed by atoms with Crippen LogP contribution in [0.2, 0.25) is 0 Å². The highest BCUT2D eigenvalue weighted by atomic mass is 32.1. The second kappa shape index (κ2) is 8.14. The Balaban J connectivity index is 1.54. The molecular weight excluding hydrogens is 427 g/mol. The monoisotopic (exact) mass is 445 g/mol. The van der Waals surface area contributed by atoms with Gasteiger partial charge >= 0.3 is 6.18 Å². The third-order valence-electron chi connectivity index (χ3n) is 4.79.